The van der Waals surface area contributed by atoms with Crippen LogP contribution >= 0.6 is 11.6 Å². The summed E-state index contributed by atoms with van der Waals surface area (Å²) in [4.78, 5) is 28.0. The van der Waals surface area contributed by atoms with Crippen LogP contribution in [-0.4, -0.2) is 61.7 Å². The molecule has 1 aliphatic carbocycles. The molecule has 40 heavy (non-hydrogen) atoms. The predicted octanol–water partition coefficient (Wildman–Crippen LogP) is 5.23. The summed E-state index contributed by atoms with van der Waals surface area (Å²) in [5, 5.41) is 14.4. The first-order chi connectivity index (χ1) is 19.2. The minimum absolute atomic E-state index is 0.00638. The number of halogens is 1. The molecule has 1 saturated heterocycles. The quantitative estimate of drug-likeness (QED) is 0.350. The Bertz CT molecular complexity index is 1740. The number of aromatic nitrogens is 4. The number of benzene rings is 2. The molecule has 0 atom stereocenters. The number of likely N-dealkylation sites (tertiary alicyclic amines) is 1. The smallest absolute Gasteiger partial charge is 0.245 e. The maximum atomic E-state index is 12.3. The zero-order valence-electron chi connectivity index (χ0n) is 22.9. The number of fused-ring (bicyclic) bond motifs is 2. The van der Waals surface area contributed by atoms with Gasteiger partial charge in [0.15, 0.2) is 0 Å². The SMILES string of the molecule is C=CC(=O)N1CC2(CC(n3nc(-c4ccc5c(c4)CN(C)C(=O)C5)c(-c4c(Cl)c(C)cc5[nH]ncc45)c3C)C2)C1. The van der Waals surface area contributed by atoms with Gasteiger partial charge >= 0.3 is 0 Å². The molecule has 1 spiro atoms. The number of carbonyl (C=O) groups excluding carboxylic acids is 2. The Hall–Kier alpha value is -3.91. The van der Waals surface area contributed by atoms with Crippen molar-refractivity contribution in [2.45, 2.75) is 45.7 Å². The second kappa shape index (κ2) is 8.80. The molecule has 2 amide bonds. The summed E-state index contributed by atoms with van der Waals surface area (Å²) < 4.78 is 2.17. The van der Waals surface area contributed by atoms with E-state index in [1.807, 2.05) is 31.1 Å². The highest BCUT2D eigenvalue weighted by atomic mass is 35.5. The molecule has 2 aromatic carbocycles. The van der Waals surface area contributed by atoms with Gasteiger partial charge in [-0.1, -0.05) is 30.3 Å². The van der Waals surface area contributed by atoms with Crippen LogP contribution in [0.2, 0.25) is 5.02 Å². The van der Waals surface area contributed by atoms with E-state index < -0.39 is 0 Å². The predicted molar refractivity (Wildman–Crippen MR) is 155 cm³/mol. The number of likely N-dealkylation sites (N-methyl/N-ethyl adjacent to an activating group) is 1. The number of rotatable bonds is 4. The number of aromatic amines is 1. The highest BCUT2D eigenvalue weighted by Gasteiger charge is 2.54. The van der Waals surface area contributed by atoms with E-state index in [1.54, 1.807) is 4.90 Å². The molecular formula is C31H31ClN6O2. The molecule has 2 aliphatic heterocycles. The van der Waals surface area contributed by atoms with E-state index in [0.29, 0.717) is 18.0 Å². The molecule has 2 aromatic heterocycles. The van der Waals surface area contributed by atoms with Crippen molar-refractivity contribution in [3.8, 4) is 22.4 Å². The van der Waals surface area contributed by atoms with Gasteiger partial charge in [-0.15, -0.1) is 0 Å². The normalized spacial score (nSPS) is 18.1. The number of aryl methyl sites for hydroxylation is 1. The third-order valence-corrected chi connectivity index (χ3v) is 9.63. The standard InChI is InChI=1S/C31H31ClN6O2/c1-5-25(39)37-15-31(16-37)11-22(12-31)38-18(3)27(28-23-13-33-34-24(23)8-17(2)29(28)32)30(35-38)20-7-6-19-10-26(40)36(4)14-21(19)9-20/h5-9,13,22H,1,10-12,14-16H2,2-4H3,(H,33,34). The second-order valence-electron chi connectivity index (χ2n) is 11.8. The van der Waals surface area contributed by atoms with Crippen molar-refractivity contribution in [3.05, 3.63) is 70.5 Å². The van der Waals surface area contributed by atoms with Gasteiger partial charge in [0, 0.05) is 59.9 Å². The average Bonchev–Trinajstić information content (AvgIpc) is 3.48. The Balaban J connectivity index is 1.34. The fourth-order valence-corrected chi connectivity index (χ4v) is 7.23. The van der Waals surface area contributed by atoms with E-state index in [0.717, 1.165) is 81.6 Å². The van der Waals surface area contributed by atoms with E-state index in [4.69, 9.17) is 16.7 Å². The summed E-state index contributed by atoms with van der Waals surface area (Å²) in [5.74, 6) is 0.144. The maximum absolute atomic E-state index is 12.3. The highest BCUT2D eigenvalue weighted by Crippen LogP contribution is 2.55. The molecule has 4 heterocycles. The van der Waals surface area contributed by atoms with E-state index in [1.165, 1.54) is 6.08 Å². The average molecular weight is 555 g/mol. The second-order valence-corrected chi connectivity index (χ2v) is 12.2. The number of hydrogen-bond acceptors (Lipinski definition) is 4. The number of hydrogen-bond donors (Lipinski definition) is 1. The van der Waals surface area contributed by atoms with Crippen LogP contribution in [0.4, 0.5) is 0 Å². The van der Waals surface area contributed by atoms with Crippen LogP contribution in [0.5, 0.6) is 0 Å². The topological polar surface area (TPSA) is 87.1 Å². The van der Waals surface area contributed by atoms with Gasteiger partial charge in [0.1, 0.15) is 5.69 Å². The Morgan fingerprint density at radius 1 is 1.18 bits per heavy atom. The van der Waals surface area contributed by atoms with Gasteiger partial charge in [-0.25, -0.2) is 0 Å². The van der Waals surface area contributed by atoms with E-state index >= 15 is 0 Å². The zero-order valence-corrected chi connectivity index (χ0v) is 23.7. The lowest BCUT2D eigenvalue weighted by atomic mass is 9.60. The molecule has 1 N–H and O–H groups in total. The van der Waals surface area contributed by atoms with Crippen molar-refractivity contribution >= 4 is 34.3 Å². The first-order valence-electron chi connectivity index (χ1n) is 13.7. The summed E-state index contributed by atoms with van der Waals surface area (Å²) in [5.41, 5.74) is 9.20. The number of H-pyrrole nitrogens is 1. The molecule has 0 unspecified atom stereocenters. The van der Waals surface area contributed by atoms with Crippen molar-refractivity contribution in [3.63, 3.8) is 0 Å². The van der Waals surface area contributed by atoms with Gasteiger partial charge in [-0.2, -0.15) is 10.2 Å². The molecule has 7 rings (SSSR count). The van der Waals surface area contributed by atoms with Crippen molar-refractivity contribution in [1.29, 1.82) is 0 Å². The Labute approximate surface area is 237 Å². The number of nitrogens with zero attached hydrogens (tertiary/aromatic N) is 5. The van der Waals surface area contributed by atoms with Crippen LogP contribution in [0.1, 0.15) is 41.3 Å². The molecule has 0 radical (unpaired) electrons. The van der Waals surface area contributed by atoms with E-state index in [-0.39, 0.29) is 23.3 Å². The molecule has 4 aromatic rings. The lowest BCUT2D eigenvalue weighted by Crippen LogP contribution is -2.63. The van der Waals surface area contributed by atoms with Crippen LogP contribution in [0.3, 0.4) is 0 Å². The maximum Gasteiger partial charge on any atom is 0.245 e. The first kappa shape index (κ1) is 25.1. The lowest BCUT2D eigenvalue weighted by Gasteiger charge is -2.58. The summed E-state index contributed by atoms with van der Waals surface area (Å²) in [6, 6.07) is 8.60. The number of amides is 2. The van der Waals surface area contributed by atoms with Crippen LogP contribution in [0, 0.1) is 19.3 Å². The fourth-order valence-electron chi connectivity index (χ4n) is 6.97. The highest BCUT2D eigenvalue weighted by molar-refractivity contribution is 6.36. The summed E-state index contributed by atoms with van der Waals surface area (Å²) >= 11 is 7.05. The van der Waals surface area contributed by atoms with Crippen LogP contribution in [0.25, 0.3) is 33.3 Å². The van der Waals surface area contributed by atoms with Crippen LogP contribution in [-0.2, 0) is 22.6 Å². The molecule has 2 fully saturated rings. The first-order valence-corrected chi connectivity index (χ1v) is 14.0. The monoisotopic (exact) mass is 554 g/mol. The zero-order chi connectivity index (χ0) is 27.9. The van der Waals surface area contributed by atoms with Crippen LogP contribution in [0.15, 0.2) is 43.1 Å². The third-order valence-electron chi connectivity index (χ3n) is 9.14. The van der Waals surface area contributed by atoms with Crippen LogP contribution < -0.4 is 0 Å². The van der Waals surface area contributed by atoms with Crippen molar-refractivity contribution in [2.24, 2.45) is 5.41 Å². The molecule has 3 aliphatic rings. The minimum Gasteiger partial charge on any atom is -0.341 e. The van der Waals surface area contributed by atoms with Gasteiger partial charge < -0.3 is 9.80 Å². The van der Waals surface area contributed by atoms with Crippen molar-refractivity contribution < 1.29 is 9.59 Å². The summed E-state index contributed by atoms with van der Waals surface area (Å²) in [6.07, 6.45) is 5.61. The Kier molecular flexibility index (Phi) is 5.52. The third kappa shape index (κ3) is 3.65. The van der Waals surface area contributed by atoms with Gasteiger partial charge in [-0.05, 0) is 61.6 Å². The fraction of sp³-hybridized carbons (Fsp3) is 0.355. The number of nitrogens with one attached hydrogen (secondary N) is 1. The van der Waals surface area contributed by atoms with Crippen molar-refractivity contribution in [1.82, 2.24) is 29.8 Å². The largest absolute Gasteiger partial charge is 0.341 e. The van der Waals surface area contributed by atoms with Gasteiger partial charge in [0.25, 0.3) is 0 Å². The molecule has 1 saturated carbocycles. The van der Waals surface area contributed by atoms with Gasteiger partial charge in [0.05, 0.1) is 29.2 Å². The Morgan fingerprint density at radius 2 is 1.95 bits per heavy atom. The summed E-state index contributed by atoms with van der Waals surface area (Å²) in [6.45, 7) is 9.91. The van der Waals surface area contributed by atoms with Crippen molar-refractivity contribution in [2.75, 3.05) is 20.1 Å². The lowest BCUT2D eigenvalue weighted by molar-refractivity contribution is -0.149. The van der Waals surface area contributed by atoms with E-state index in [9.17, 15) is 9.59 Å². The number of carbonyl (C=O) groups is 2. The van der Waals surface area contributed by atoms with E-state index in [2.05, 4.69) is 46.6 Å². The molecule has 9 heteroatoms. The minimum atomic E-state index is 0.00638. The molecule has 0 bridgehead atoms. The Morgan fingerprint density at radius 3 is 2.70 bits per heavy atom. The molecule has 8 nitrogen and oxygen atoms in total. The van der Waals surface area contributed by atoms with Gasteiger partial charge in [-0.3, -0.25) is 19.4 Å². The van der Waals surface area contributed by atoms with Gasteiger partial charge in [0.2, 0.25) is 11.8 Å². The summed E-state index contributed by atoms with van der Waals surface area (Å²) in [7, 11) is 1.85. The molecular weight excluding hydrogens is 524 g/mol. The molecule has 204 valence electrons.